The Kier molecular flexibility index (Phi) is 11.3. The minimum Gasteiger partial charge on any atom is -0.444 e. The number of hydrogen-bond acceptors (Lipinski definition) is 7. The van der Waals surface area contributed by atoms with Gasteiger partial charge in [0.1, 0.15) is 11.3 Å². The number of anilines is 3. The van der Waals surface area contributed by atoms with Crippen LogP contribution in [0.2, 0.25) is 0 Å². The van der Waals surface area contributed by atoms with E-state index in [1.54, 1.807) is 68.3 Å². The molecule has 1 aliphatic heterocycles. The summed E-state index contributed by atoms with van der Waals surface area (Å²) >= 11 is 0. The maximum atomic E-state index is 13.3. The highest BCUT2D eigenvalue weighted by Crippen LogP contribution is 2.23. The summed E-state index contributed by atoms with van der Waals surface area (Å²) in [5.74, 6) is -0.436. The lowest BCUT2D eigenvalue weighted by molar-refractivity contribution is 0.0365. The van der Waals surface area contributed by atoms with Crippen LogP contribution < -0.4 is 16.0 Å². The summed E-state index contributed by atoms with van der Waals surface area (Å²) in [7, 11) is 0. The molecule has 0 radical (unpaired) electrons. The molecule has 2 heterocycles. The quantitative estimate of drug-likeness (QED) is 0.270. The van der Waals surface area contributed by atoms with E-state index < -0.39 is 17.6 Å². The Bertz CT molecular complexity index is 1420. The first-order valence-corrected chi connectivity index (χ1v) is 14.8. The lowest BCUT2D eigenvalue weighted by atomic mass is 10.2. The van der Waals surface area contributed by atoms with E-state index in [1.165, 1.54) is 0 Å². The number of aryl methyl sites for hydroxylation is 1. The Balaban J connectivity index is 1.40. The predicted octanol–water partition coefficient (Wildman–Crippen LogP) is 5.75. The topological polar surface area (TPSA) is 125 Å². The molecule has 1 fully saturated rings. The van der Waals surface area contributed by atoms with Gasteiger partial charge in [-0.1, -0.05) is 30.3 Å². The van der Waals surface area contributed by atoms with Crippen molar-refractivity contribution in [1.29, 1.82) is 0 Å². The van der Waals surface area contributed by atoms with Crippen LogP contribution in [0.25, 0.3) is 0 Å². The van der Waals surface area contributed by atoms with E-state index in [1.807, 2.05) is 31.2 Å². The van der Waals surface area contributed by atoms with Gasteiger partial charge < -0.3 is 25.0 Å². The van der Waals surface area contributed by atoms with Gasteiger partial charge in [0.25, 0.3) is 5.91 Å². The molecule has 0 saturated carbocycles. The third kappa shape index (κ3) is 10.4. The first-order chi connectivity index (χ1) is 21.1. The van der Waals surface area contributed by atoms with Crippen molar-refractivity contribution < 1.29 is 23.9 Å². The van der Waals surface area contributed by atoms with Gasteiger partial charge in [-0.25, -0.2) is 9.59 Å². The van der Waals surface area contributed by atoms with Gasteiger partial charge in [-0.05, 0) is 75.6 Å². The monoisotopic (exact) mass is 602 g/mol. The average Bonchev–Trinajstić information content (AvgIpc) is 2.97. The molecule has 1 aromatic heterocycles. The summed E-state index contributed by atoms with van der Waals surface area (Å²) in [5.41, 5.74) is 2.94. The smallest absolute Gasteiger partial charge is 0.412 e. The molecule has 11 heteroatoms. The van der Waals surface area contributed by atoms with Crippen molar-refractivity contribution in [2.75, 3.05) is 55.3 Å². The fraction of sp³-hybridized carbons (Fsp3) is 0.394. The first-order valence-electron chi connectivity index (χ1n) is 14.8. The van der Waals surface area contributed by atoms with Crippen LogP contribution in [0, 0.1) is 6.92 Å². The van der Waals surface area contributed by atoms with E-state index in [2.05, 4.69) is 25.8 Å². The first kappa shape index (κ1) is 32.4. The van der Waals surface area contributed by atoms with E-state index in [0.29, 0.717) is 24.5 Å². The molecule has 3 aromatic rings. The van der Waals surface area contributed by atoms with Crippen molar-refractivity contribution in [1.82, 2.24) is 14.8 Å². The molecule has 2 aromatic carbocycles. The number of carbonyl (C=O) groups is 3. The number of hydrogen-bond donors (Lipinski definition) is 3. The molecule has 0 unspecified atom stereocenters. The second-order valence-electron chi connectivity index (χ2n) is 11.7. The van der Waals surface area contributed by atoms with Crippen LogP contribution in [0.3, 0.4) is 0 Å². The fourth-order valence-corrected chi connectivity index (χ4v) is 4.66. The number of amides is 4. The highest BCUT2D eigenvalue weighted by molar-refractivity contribution is 6.05. The zero-order valence-electron chi connectivity index (χ0n) is 25.9. The summed E-state index contributed by atoms with van der Waals surface area (Å²) in [5, 5.41) is 8.49. The highest BCUT2D eigenvalue weighted by atomic mass is 16.6. The Morgan fingerprint density at radius 3 is 2.34 bits per heavy atom. The number of urea groups is 1. The maximum absolute atomic E-state index is 13.3. The van der Waals surface area contributed by atoms with Crippen molar-refractivity contribution in [2.45, 2.75) is 46.3 Å². The van der Waals surface area contributed by atoms with Gasteiger partial charge in [0.2, 0.25) is 0 Å². The molecule has 4 amide bonds. The molecule has 234 valence electrons. The van der Waals surface area contributed by atoms with Gasteiger partial charge >= 0.3 is 12.1 Å². The predicted molar refractivity (Wildman–Crippen MR) is 171 cm³/mol. The van der Waals surface area contributed by atoms with Gasteiger partial charge in [0.05, 0.1) is 24.6 Å². The molecule has 0 spiro atoms. The number of carbonyl (C=O) groups excluding carboxylic acids is 3. The van der Waals surface area contributed by atoms with Crippen molar-refractivity contribution >= 4 is 35.1 Å². The van der Waals surface area contributed by atoms with Crippen LogP contribution in [0.5, 0.6) is 0 Å². The molecule has 0 aliphatic carbocycles. The Hall–Kier alpha value is -4.48. The number of rotatable bonds is 10. The second-order valence-corrected chi connectivity index (χ2v) is 11.7. The van der Waals surface area contributed by atoms with Crippen LogP contribution >= 0.6 is 0 Å². The Morgan fingerprint density at radius 1 is 0.955 bits per heavy atom. The van der Waals surface area contributed by atoms with E-state index in [-0.39, 0.29) is 11.7 Å². The Labute approximate surface area is 258 Å². The SMILES string of the molecule is Cc1cccc(NC(=O)N(CCCN2CCOCC2)Cc2ccc(C(=O)Nc3ccccc3NC(=O)OC(C)(C)C)nc2)c1. The standard InChI is InChI=1S/C33H42N6O5/c1-24-9-7-10-26(21-24)35-31(41)39(16-8-15-38-17-19-43-20-18-38)23-25-13-14-29(34-22-25)30(40)36-27-11-5-6-12-28(27)37-32(42)44-33(2,3)4/h5-7,9-14,21-22H,8,15-20,23H2,1-4H3,(H,35,41)(H,36,40)(H,37,42). The Morgan fingerprint density at radius 2 is 1.68 bits per heavy atom. The minimum absolute atomic E-state index is 0.198. The zero-order valence-corrected chi connectivity index (χ0v) is 25.9. The zero-order chi connectivity index (χ0) is 31.5. The summed E-state index contributed by atoms with van der Waals surface area (Å²) in [6.45, 7) is 12.3. The summed E-state index contributed by atoms with van der Waals surface area (Å²) in [4.78, 5) is 47.1. The van der Waals surface area contributed by atoms with Gasteiger partial charge in [-0.2, -0.15) is 0 Å². The molecule has 0 atom stereocenters. The van der Waals surface area contributed by atoms with Crippen molar-refractivity contribution in [2.24, 2.45) is 0 Å². The summed E-state index contributed by atoms with van der Waals surface area (Å²) < 4.78 is 10.8. The van der Waals surface area contributed by atoms with Gasteiger partial charge in [-0.15, -0.1) is 0 Å². The number of para-hydroxylation sites is 2. The lowest BCUT2D eigenvalue weighted by Gasteiger charge is -2.28. The number of benzene rings is 2. The van der Waals surface area contributed by atoms with Crippen molar-refractivity contribution in [3.05, 3.63) is 83.7 Å². The molecule has 44 heavy (non-hydrogen) atoms. The van der Waals surface area contributed by atoms with Crippen LogP contribution in [0.1, 0.15) is 48.8 Å². The molecule has 3 N–H and O–H groups in total. The summed E-state index contributed by atoms with van der Waals surface area (Å²) in [6.07, 6.45) is 1.79. The summed E-state index contributed by atoms with van der Waals surface area (Å²) in [6, 6.07) is 17.8. The largest absolute Gasteiger partial charge is 0.444 e. The van der Waals surface area contributed by atoms with Crippen LogP contribution in [-0.4, -0.2) is 77.8 Å². The number of pyridine rings is 1. The van der Waals surface area contributed by atoms with Crippen molar-refractivity contribution in [3.63, 3.8) is 0 Å². The molecular weight excluding hydrogens is 560 g/mol. The third-order valence-corrected chi connectivity index (χ3v) is 6.80. The minimum atomic E-state index is -0.659. The third-order valence-electron chi connectivity index (χ3n) is 6.80. The molecule has 1 aliphatic rings. The van der Waals surface area contributed by atoms with Crippen LogP contribution in [-0.2, 0) is 16.0 Å². The van der Waals surface area contributed by atoms with Crippen LogP contribution in [0.4, 0.5) is 26.7 Å². The van der Waals surface area contributed by atoms with Gasteiger partial charge in [0.15, 0.2) is 0 Å². The number of aromatic nitrogens is 1. The van der Waals surface area contributed by atoms with Crippen LogP contribution in [0.15, 0.2) is 66.9 Å². The molecule has 0 bridgehead atoms. The number of nitrogens with one attached hydrogen (secondary N) is 3. The lowest BCUT2D eigenvalue weighted by Crippen LogP contribution is -2.40. The van der Waals surface area contributed by atoms with E-state index in [4.69, 9.17) is 9.47 Å². The number of morpholine rings is 1. The van der Waals surface area contributed by atoms with Gasteiger partial charge in [-0.3, -0.25) is 20.0 Å². The number of nitrogens with zero attached hydrogens (tertiary/aromatic N) is 3. The average molecular weight is 603 g/mol. The normalized spacial score (nSPS) is 13.5. The maximum Gasteiger partial charge on any atom is 0.412 e. The molecule has 4 rings (SSSR count). The van der Waals surface area contributed by atoms with Crippen molar-refractivity contribution in [3.8, 4) is 0 Å². The molecular formula is C33H42N6O5. The van der Waals surface area contributed by atoms with E-state index in [0.717, 1.165) is 56.1 Å². The second kappa shape index (κ2) is 15.3. The van der Waals surface area contributed by atoms with E-state index >= 15 is 0 Å². The molecule has 1 saturated heterocycles. The fourth-order valence-electron chi connectivity index (χ4n) is 4.66. The van der Waals surface area contributed by atoms with E-state index in [9.17, 15) is 14.4 Å². The molecule has 11 nitrogen and oxygen atoms in total. The highest BCUT2D eigenvalue weighted by Gasteiger charge is 2.19. The van der Waals surface area contributed by atoms with Gasteiger partial charge in [0, 0.05) is 44.6 Å². The number of ether oxygens (including phenoxy) is 2.